The van der Waals surface area contributed by atoms with Crippen LogP contribution in [-0.2, 0) is 14.3 Å². The van der Waals surface area contributed by atoms with Crippen molar-refractivity contribution in [3.63, 3.8) is 0 Å². The summed E-state index contributed by atoms with van der Waals surface area (Å²) in [7, 11) is 1.70. The maximum atomic E-state index is 12.2. The summed E-state index contributed by atoms with van der Waals surface area (Å²) in [6.45, 7) is 1.65. The van der Waals surface area contributed by atoms with Crippen LogP contribution in [0.25, 0.3) is 6.08 Å². The number of rotatable bonds is 6. The van der Waals surface area contributed by atoms with E-state index in [1.807, 2.05) is 61.5 Å². The van der Waals surface area contributed by atoms with Gasteiger partial charge in [0.25, 0.3) is 5.91 Å². The lowest BCUT2D eigenvalue weighted by molar-refractivity contribution is -0.148. The van der Waals surface area contributed by atoms with Gasteiger partial charge in [0.15, 0.2) is 6.61 Å². The molecule has 0 saturated heterocycles. The Balaban J connectivity index is 1.84. The first-order valence-electron chi connectivity index (χ1n) is 7.88. The minimum absolute atomic E-state index is 0.0919. The molecule has 4 nitrogen and oxygen atoms in total. The number of nitrogens with zero attached hydrogens (tertiary/aromatic N) is 1. The molecule has 0 aliphatic rings. The number of carbonyl (C=O) groups excluding carboxylic acids is 2. The van der Waals surface area contributed by atoms with Gasteiger partial charge in [0.1, 0.15) is 0 Å². The Morgan fingerprint density at radius 3 is 2.40 bits per heavy atom. The van der Waals surface area contributed by atoms with Gasteiger partial charge in [-0.05, 0) is 36.3 Å². The van der Waals surface area contributed by atoms with Crippen LogP contribution in [0.4, 0.5) is 0 Å². The third kappa shape index (κ3) is 5.87. The Hall–Kier alpha value is -2.40. The Labute approximate surface area is 156 Å². The first-order valence-corrected chi connectivity index (χ1v) is 8.67. The Morgan fingerprint density at radius 1 is 1.12 bits per heavy atom. The summed E-state index contributed by atoms with van der Waals surface area (Å²) in [6, 6.07) is 17.1. The topological polar surface area (TPSA) is 46.6 Å². The van der Waals surface area contributed by atoms with Crippen LogP contribution in [0.2, 0.25) is 0 Å². The van der Waals surface area contributed by atoms with Crippen LogP contribution < -0.4 is 0 Å². The highest BCUT2D eigenvalue weighted by atomic mass is 79.9. The Bertz CT molecular complexity index is 741. The smallest absolute Gasteiger partial charge is 0.331 e. The number of esters is 1. The molecule has 2 rings (SSSR count). The van der Waals surface area contributed by atoms with Gasteiger partial charge in [0.05, 0.1) is 6.04 Å². The molecule has 25 heavy (non-hydrogen) atoms. The lowest BCUT2D eigenvalue weighted by Gasteiger charge is -2.25. The number of halogens is 1. The van der Waals surface area contributed by atoms with E-state index in [9.17, 15) is 9.59 Å². The van der Waals surface area contributed by atoms with E-state index < -0.39 is 5.97 Å². The van der Waals surface area contributed by atoms with E-state index in [4.69, 9.17) is 4.74 Å². The third-order valence-electron chi connectivity index (χ3n) is 3.88. The second-order valence-electron chi connectivity index (χ2n) is 5.58. The van der Waals surface area contributed by atoms with Crippen molar-refractivity contribution in [2.45, 2.75) is 13.0 Å². The molecule has 5 heteroatoms. The first kappa shape index (κ1) is 18.9. The van der Waals surface area contributed by atoms with E-state index in [0.29, 0.717) is 0 Å². The molecule has 0 N–H and O–H groups in total. The van der Waals surface area contributed by atoms with Crippen molar-refractivity contribution in [1.29, 1.82) is 0 Å². The minimum Gasteiger partial charge on any atom is -0.452 e. The van der Waals surface area contributed by atoms with E-state index >= 15 is 0 Å². The predicted molar refractivity (Wildman–Crippen MR) is 102 cm³/mol. The van der Waals surface area contributed by atoms with Crippen LogP contribution in [-0.4, -0.2) is 30.4 Å². The van der Waals surface area contributed by atoms with Crippen molar-refractivity contribution in [3.05, 3.63) is 76.3 Å². The minimum atomic E-state index is -0.544. The highest BCUT2D eigenvalue weighted by molar-refractivity contribution is 9.10. The van der Waals surface area contributed by atoms with E-state index in [1.165, 1.54) is 6.08 Å². The molecule has 1 amide bonds. The van der Waals surface area contributed by atoms with Crippen molar-refractivity contribution in [3.8, 4) is 0 Å². The predicted octanol–water partition coefficient (Wildman–Crippen LogP) is 4.23. The fourth-order valence-corrected chi connectivity index (χ4v) is 2.46. The van der Waals surface area contributed by atoms with Crippen LogP contribution >= 0.6 is 15.9 Å². The standard InChI is InChI=1S/C20H20BrNO3/c1-15(17-6-4-3-5-7-17)22(2)19(23)14-25-20(24)13-10-16-8-11-18(21)12-9-16/h3-13,15H,14H2,1-2H3/b13-10+. The molecule has 0 heterocycles. The lowest BCUT2D eigenvalue weighted by Crippen LogP contribution is -2.33. The molecule has 0 aliphatic carbocycles. The van der Waals surface area contributed by atoms with Crippen LogP contribution in [0, 0.1) is 0 Å². The number of amides is 1. The number of benzene rings is 2. The number of likely N-dealkylation sites (N-methyl/N-ethyl adjacent to an activating group) is 1. The number of carbonyl (C=O) groups is 2. The Kier molecular flexibility index (Phi) is 6.95. The highest BCUT2D eigenvalue weighted by Gasteiger charge is 2.18. The molecular weight excluding hydrogens is 382 g/mol. The zero-order valence-electron chi connectivity index (χ0n) is 14.2. The molecule has 1 atom stereocenters. The van der Waals surface area contributed by atoms with Crippen molar-refractivity contribution in [2.75, 3.05) is 13.7 Å². The molecule has 0 aromatic heterocycles. The van der Waals surface area contributed by atoms with E-state index in [-0.39, 0.29) is 18.6 Å². The number of ether oxygens (including phenoxy) is 1. The molecule has 130 valence electrons. The van der Waals surface area contributed by atoms with E-state index in [0.717, 1.165) is 15.6 Å². The van der Waals surface area contributed by atoms with Gasteiger partial charge in [0.2, 0.25) is 0 Å². The quantitative estimate of drug-likeness (QED) is 0.537. The molecule has 0 saturated carbocycles. The zero-order chi connectivity index (χ0) is 18.2. The summed E-state index contributed by atoms with van der Waals surface area (Å²) in [4.78, 5) is 25.5. The zero-order valence-corrected chi connectivity index (χ0v) is 15.8. The van der Waals surface area contributed by atoms with E-state index in [2.05, 4.69) is 15.9 Å². The third-order valence-corrected chi connectivity index (χ3v) is 4.40. The molecule has 0 aliphatic heterocycles. The van der Waals surface area contributed by atoms with Gasteiger partial charge in [-0.25, -0.2) is 4.79 Å². The van der Waals surface area contributed by atoms with Gasteiger partial charge in [-0.2, -0.15) is 0 Å². The average molecular weight is 402 g/mol. The van der Waals surface area contributed by atoms with Gasteiger partial charge < -0.3 is 9.64 Å². The monoisotopic (exact) mass is 401 g/mol. The number of hydrogen-bond donors (Lipinski definition) is 0. The van der Waals surface area contributed by atoms with Gasteiger partial charge in [-0.3, -0.25) is 4.79 Å². The van der Waals surface area contributed by atoms with Crippen LogP contribution in [0.1, 0.15) is 24.1 Å². The summed E-state index contributed by atoms with van der Waals surface area (Å²) in [5.74, 6) is -0.793. The second kappa shape index (κ2) is 9.18. The summed E-state index contributed by atoms with van der Waals surface area (Å²) < 4.78 is 6.00. The molecule has 0 bridgehead atoms. The highest BCUT2D eigenvalue weighted by Crippen LogP contribution is 2.18. The fraction of sp³-hybridized carbons (Fsp3) is 0.200. The van der Waals surface area contributed by atoms with Gasteiger partial charge >= 0.3 is 5.97 Å². The van der Waals surface area contributed by atoms with Crippen LogP contribution in [0.5, 0.6) is 0 Å². The molecule has 2 aromatic carbocycles. The number of hydrogen-bond acceptors (Lipinski definition) is 3. The van der Waals surface area contributed by atoms with Crippen molar-refractivity contribution in [1.82, 2.24) is 4.90 Å². The van der Waals surface area contributed by atoms with Crippen LogP contribution in [0.3, 0.4) is 0 Å². The fourth-order valence-electron chi connectivity index (χ4n) is 2.19. The van der Waals surface area contributed by atoms with Gasteiger partial charge in [0, 0.05) is 17.6 Å². The molecular formula is C20H20BrNO3. The molecule has 0 spiro atoms. The summed E-state index contributed by atoms with van der Waals surface area (Å²) in [5, 5.41) is 0. The average Bonchev–Trinajstić information content (AvgIpc) is 2.65. The molecule has 1 unspecified atom stereocenters. The Morgan fingerprint density at radius 2 is 1.76 bits per heavy atom. The van der Waals surface area contributed by atoms with E-state index in [1.54, 1.807) is 18.0 Å². The maximum Gasteiger partial charge on any atom is 0.331 e. The normalized spacial score (nSPS) is 12.0. The largest absolute Gasteiger partial charge is 0.452 e. The molecule has 0 fully saturated rings. The molecule has 0 radical (unpaired) electrons. The maximum absolute atomic E-state index is 12.2. The van der Waals surface area contributed by atoms with Gasteiger partial charge in [-0.1, -0.05) is 58.4 Å². The van der Waals surface area contributed by atoms with Crippen molar-refractivity contribution in [2.24, 2.45) is 0 Å². The summed E-state index contributed by atoms with van der Waals surface area (Å²) in [5.41, 5.74) is 1.90. The van der Waals surface area contributed by atoms with Crippen molar-refractivity contribution < 1.29 is 14.3 Å². The van der Waals surface area contributed by atoms with Crippen LogP contribution in [0.15, 0.2) is 65.1 Å². The van der Waals surface area contributed by atoms with Crippen molar-refractivity contribution >= 4 is 33.9 Å². The first-order chi connectivity index (χ1) is 12.0. The molecule has 2 aromatic rings. The summed E-state index contributed by atoms with van der Waals surface area (Å²) >= 11 is 3.35. The van der Waals surface area contributed by atoms with Gasteiger partial charge in [-0.15, -0.1) is 0 Å². The lowest BCUT2D eigenvalue weighted by atomic mass is 10.1. The SMILES string of the molecule is CC(c1ccccc1)N(C)C(=O)COC(=O)/C=C/c1ccc(Br)cc1. The summed E-state index contributed by atoms with van der Waals surface area (Å²) in [6.07, 6.45) is 2.96. The second-order valence-corrected chi connectivity index (χ2v) is 6.50.